The lowest BCUT2D eigenvalue weighted by atomic mass is 10.0. The number of thiophene rings is 1. The molecule has 29 heavy (non-hydrogen) atoms. The lowest BCUT2D eigenvalue weighted by Crippen LogP contribution is -2.24. The maximum absolute atomic E-state index is 13.5. The molecule has 1 amide bonds. The first kappa shape index (κ1) is 19.1. The van der Waals surface area contributed by atoms with Gasteiger partial charge in [0.2, 0.25) is 5.91 Å². The molecule has 146 valence electrons. The predicted octanol–water partition coefficient (Wildman–Crippen LogP) is 4.37. The Morgan fingerprint density at radius 3 is 2.48 bits per heavy atom. The highest BCUT2D eigenvalue weighted by atomic mass is 32.1. The van der Waals surface area contributed by atoms with Gasteiger partial charge in [-0.25, -0.2) is 4.98 Å². The first-order valence-electron chi connectivity index (χ1n) is 9.47. The summed E-state index contributed by atoms with van der Waals surface area (Å²) in [6.07, 6.45) is 0.722. The lowest BCUT2D eigenvalue weighted by molar-refractivity contribution is -0.118. The summed E-state index contributed by atoms with van der Waals surface area (Å²) < 4.78 is 1.67. The summed E-state index contributed by atoms with van der Waals surface area (Å²) in [6.45, 7) is 2.42. The van der Waals surface area contributed by atoms with Gasteiger partial charge in [-0.1, -0.05) is 60.2 Å². The van der Waals surface area contributed by atoms with E-state index in [2.05, 4.69) is 0 Å². The number of carbonyl (C=O) groups is 1. The monoisotopic (exact) mass is 403 g/mol. The van der Waals surface area contributed by atoms with Gasteiger partial charge in [0.25, 0.3) is 5.56 Å². The zero-order valence-electron chi connectivity index (χ0n) is 16.1. The molecule has 0 spiro atoms. The Bertz CT molecular complexity index is 1220. The minimum atomic E-state index is -0.371. The molecule has 0 aliphatic carbocycles. The Morgan fingerprint density at radius 1 is 1.07 bits per heavy atom. The van der Waals surface area contributed by atoms with Crippen LogP contribution in [0.3, 0.4) is 0 Å². The zero-order chi connectivity index (χ0) is 20.4. The van der Waals surface area contributed by atoms with Gasteiger partial charge in [0, 0.05) is 29.5 Å². The summed E-state index contributed by atoms with van der Waals surface area (Å²) in [6, 6.07) is 17.8. The summed E-state index contributed by atoms with van der Waals surface area (Å²) >= 11 is 1.47. The van der Waals surface area contributed by atoms with Crippen LogP contribution in [0.4, 0.5) is 0 Å². The number of nitrogens with two attached hydrogens (primary N) is 1. The molecular weight excluding hydrogens is 382 g/mol. The van der Waals surface area contributed by atoms with Crippen LogP contribution in [0.25, 0.3) is 32.7 Å². The van der Waals surface area contributed by atoms with Crippen molar-refractivity contribution in [3.8, 4) is 22.5 Å². The quantitative estimate of drug-likeness (QED) is 0.519. The van der Waals surface area contributed by atoms with E-state index in [1.807, 2.05) is 66.9 Å². The second-order valence-electron chi connectivity index (χ2n) is 7.02. The van der Waals surface area contributed by atoms with Crippen LogP contribution < -0.4 is 11.3 Å². The molecule has 0 bridgehead atoms. The molecular formula is C23H21N3O2S. The molecule has 0 saturated carbocycles. The Kier molecular flexibility index (Phi) is 5.27. The first-order valence-corrected chi connectivity index (χ1v) is 10.4. The highest BCUT2D eigenvalue weighted by Gasteiger charge is 2.18. The largest absolute Gasteiger partial charge is 0.370 e. The SMILES string of the molecule is Cc1ccc(-c2csc3nc(-c4ccccc4)n(CCCC(N)=O)c(=O)c23)cc1. The van der Waals surface area contributed by atoms with Gasteiger partial charge in [0.05, 0.1) is 5.39 Å². The first-order chi connectivity index (χ1) is 14.0. The van der Waals surface area contributed by atoms with E-state index in [0.717, 1.165) is 21.5 Å². The molecule has 2 N–H and O–H groups in total. The van der Waals surface area contributed by atoms with E-state index in [1.165, 1.54) is 16.9 Å². The molecule has 0 unspecified atom stereocenters. The summed E-state index contributed by atoms with van der Waals surface area (Å²) in [5.41, 5.74) is 9.13. The van der Waals surface area contributed by atoms with Gasteiger partial charge < -0.3 is 5.73 Å². The third kappa shape index (κ3) is 3.84. The number of aromatic nitrogens is 2. The molecule has 2 aromatic carbocycles. The minimum Gasteiger partial charge on any atom is -0.370 e. The Labute approximate surface area is 172 Å². The second-order valence-corrected chi connectivity index (χ2v) is 7.88. The van der Waals surface area contributed by atoms with E-state index in [0.29, 0.717) is 24.2 Å². The van der Waals surface area contributed by atoms with Crippen LogP contribution >= 0.6 is 11.3 Å². The number of primary amides is 1. The highest BCUT2D eigenvalue weighted by Crippen LogP contribution is 2.32. The van der Waals surface area contributed by atoms with Crippen molar-refractivity contribution >= 4 is 27.5 Å². The average Bonchev–Trinajstić information content (AvgIpc) is 3.15. The van der Waals surface area contributed by atoms with Crippen molar-refractivity contribution in [1.82, 2.24) is 9.55 Å². The van der Waals surface area contributed by atoms with Gasteiger partial charge in [0.15, 0.2) is 0 Å². The third-order valence-electron chi connectivity index (χ3n) is 4.89. The van der Waals surface area contributed by atoms with Crippen molar-refractivity contribution in [1.29, 1.82) is 0 Å². The Hall–Kier alpha value is -3.25. The number of amides is 1. The fraction of sp³-hybridized carbons (Fsp3) is 0.174. The average molecular weight is 404 g/mol. The zero-order valence-corrected chi connectivity index (χ0v) is 16.9. The maximum Gasteiger partial charge on any atom is 0.263 e. The van der Waals surface area contributed by atoms with Crippen molar-refractivity contribution in [2.75, 3.05) is 0 Å². The number of rotatable bonds is 6. The molecule has 0 fully saturated rings. The van der Waals surface area contributed by atoms with Crippen molar-refractivity contribution in [3.05, 3.63) is 75.9 Å². The third-order valence-corrected chi connectivity index (χ3v) is 5.77. The van der Waals surface area contributed by atoms with Crippen molar-refractivity contribution in [3.63, 3.8) is 0 Å². The smallest absolute Gasteiger partial charge is 0.263 e. The van der Waals surface area contributed by atoms with Crippen LogP contribution in [0.2, 0.25) is 0 Å². The molecule has 4 aromatic rings. The molecule has 2 aromatic heterocycles. The van der Waals surface area contributed by atoms with E-state index in [4.69, 9.17) is 10.7 Å². The van der Waals surface area contributed by atoms with Gasteiger partial charge in [-0.2, -0.15) is 0 Å². The molecule has 0 radical (unpaired) electrons. The summed E-state index contributed by atoms with van der Waals surface area (Å²) in [7, 11) is 0. The lowest BCUT2D eigenvalue weighted by Gasteiger charge is -2.13. The molecule has 0 aliphatic heterocycles. The summed E-state index contributed by atoms with van der Waals surface area (Å²) in [5.74, 6) is 0.245. The normalized spacial score (nSPS) is 11.1. The summed E-state index contributed by atoms with van der Waals surface area (Å²) in [4.78, 5) is 30.3. The number of hydrogen-bond donors (Lipinski definition) is 1. The van der Waals surface area contributed by atoms with Crippen LogP contribution in [-0.2, 0) is 11.3 Å². The number of aryl methyl sites for hydroxylation is 1. The Morgan fingerprint density at radius 2 is 1.79 bits per heavy atom. The van der Waals surface area contributed by atoms with Crippen molar-refractivity contribution in [2.45, 2.75) is 26.3 Å². The summed E-state index contributed by atoms with van der Waals surface area (Å²) in [5, 5.41) is 2.62. The van der Waals surface area contributed by atoms with Gasteiger partial charge in [-0.3, -0.25) is 14.2 Å². The number of carbonyl (C=O) groups excluding carboxylic acids is 1. The molecule has 6 heteroatoms. The number of hydrogen-bond acceptors (Lipinski definition) is 4. The standard InChI is InChI=1S/C23H21N3O2S/c1-15-9-11-16(12-10-15)18-14-29-22-20(18)23(28)26(13-5-8-19(24)27)21(25-22)17-6-3-2-4-7-17/h2-4,6-7,9-12,14H,5,8,13H2,1H3,(H2,24,27). The van der Waals surface area contributed by atoms with E-state index in [9.17, 15) is 9.59 Å². The number of benzene rings is 2. The minimum absolute atomic E-state index is 0.0878. The topological polar surface area (TPSA) is 78.0 Å². The number of fused-ring (bicyclic) bond motifs is 1. The molecule has 0 atom stereocenters. The van der Waals surface area contributed by atoms with Gasteiger partial charge >= 0.3 is 0 Å². The molecule has 0 saturated heterocycles. The highest BCUT2D eigenvalue weighted by molar-refractivity contribution is 7.17. The van der Waals surface area contributed by atoms with E-state index in [1.54, 1.807) is 4.57 Å². The van der Waals surface area contributed by atoms with Crippen LogP contribution in [0.5, 0.6) is 0 Å². The maximum atomic E-state index is 13.5. The predicted molar refractivity (Wildman–Crippen MR) is 118 cm³/mol. The van der Waals surface area contributed by atoms with Crippen LogP contribution in [0, 0.1) is 6.92 Å². The molecule has 0 aliphatic rings. The van der Waals surface area contributed by atoms with Gasteiger partial charge in [-0.15, -0.1) is 11.3 Å². The number of nitrogens with zero attached hydrogens (tertiary/aromatic N) is 2. The van der Waals surface area contributed by atoms with Gasteiger partial charge in [-0.05, 0) is 18.9 Å². The van der Waals surface area contributed by atoms with E-state index >= 15 is 0 Å². The molecule has 2 heterocycles. The van der Waals surface area contributed by atoms with Gasteiger partial charge in [0.1, 0.15) is 10.7 Å². The Balaban J connectivity index is 1.90. The fourth-order valence-electron chi connectivity index (χ4n) is 3.40. The van der Waals surface area contributed by atoms with Crippen molar-refractivity contribution < 1.29 is 4.79 Å². The van der Waals surface area contributed by atoms with E-state index in [-0.39, 0.29) is 17.9 Å². The van der Waals surface area contributed by atoms with Crippen molar-refractivity contribution in [2.24, 2.45) is 5.73 Å². The van der Waals surface area contributed by atoms with Crippen LogP contribution in [0.1, 0.15) is 18.4 Å². The molecule has 4 rings (SSSR count). The second kappa shape index (κ2) is 8.01. The molecule has 5 nitrogen and oxygen atoms in total. The van der Waals surface area contributed by atoms with Crippen LogP contribution in [-0.4, -0.2) is 15.5 Å². The van der Waals surface area contributed by atoms with Crippen LogP contribution in [0.15, 0.2) is 64.8 Å². The van der Waals surface area contributed by atoms with E-state index < -0.39 is 0 Å². The fourth-order valence-corrected chi connectivity index (χ4v) is 4.33.